The first-order valence-electron chi connectivity index (χ1n) is 6.53. The second kappa shape index (κ2) is 6.26. The number of nitrogens with one attached hydrogen (secondary N) is 2. The van der Waals surface area contributed by atoms with Crippen molar-refractivity contribution in [2.24, 2.45) is 5.92 Å². The number of carboxylic acid groups (broad SMARTS) is 1. The molecule has 1 aromatic carbocycles. The molecular weight excluding hydrogens is 324 g/mol. The Morgan fingerprint density at radius 2 is 2.10 bits per heavy atom. The number of hydrogen-bond acceptors (Lipinski definition) is 2. The van der Waals surface area contributed by atoms with E-state index >= 15 is 0 Å². The minimum Gasteiger partial charge on any atom is -0.481 e. The maximum Gasteiger partial charge on any atom is 0.319 e. The summed E-state index contributed by atoms with van der Waals surface area (Å²) in [5.41, 5.74) is 1.74. The highest BCUT2D eigenvalue weighted by molar-refractivity contribution is 9.10. The van der Waals surface area contributed by atoms with E-state index in [0.717, 1.165) is 10.0 Å². The Balaban J connectivity index is 1.90. The van der Waals surface area contributed by atoms with E-state index < -0.39 is 5.97 Å². The molecule has 1 fully saturated rings. The summed E-state index contributed by atoms with van der Waals surface area (Å²) >= 11 is 3.43. The number of amides is 2. The van der Waals surface area contributed by atoms with Gasteiger partial charge in [-0.15, -0.1) is 0 Å². The van der Waals surface area contributed by atoms with E-state index in [2.05, 4.69) is 26.6 Å². The standard InChI is InChI=1S/C14H17BrN2O3/c1-8-3-2-4-11(12(8)15)17-14(20)16-10-6-5-9(7-10)13(18)19/h2-4,9-10H,5-7H2,1H3,(H,18,19)(H2,16,17,20)/t9-,10+/m1/s1. The molecule has 5 nitrogen and oxygen atoms in total. The van der Waals surface area contributed by atoms with Crippen LogP contribution in [0, 0.1) is 12.8 Å². The highest BCUT2D eigenvalue weighted by atomic mass is 79.9. The lowest BCUT2D eigenvalue weighted by molar-refractivity contribution is -0.141. The van der Waals surface area contributed by atoms with Crippen molar-refractivity contribution in [1.82, 2.24) is 5.32 Å². The fourth-order valence-corrected chi connectivity index (χ4v) is 2.79. The molecule has 0 aliphatic heterocycles. The zero-order valence-electron chi connectivity index (χ0n) is 11.1. The molecule has 6 heteroatoms. The number of benzene rings is 1. The van der Waals surface area contributed by atoms with Crippen LogP contribution in [-0.4, -0.2) is 23.1 Å². The van der Waals surface area contributed by atoms with Crippen molar-refractivity contribution in [2.45, 2.75) is 32.2 Å². The molecule has 20 heavy (non-hydrogen) atoms. The molecule has 0 saturated heterocycles. The molecule has 0 unspecified atom stereocenters. The number of carbonyl (C=O) groups excluding carboxylic acids is 1. The Morgan fingerprint density at radius 3 is 2.75 bits per heavy atom. The van der Waals surface area contributed by atoms with Crippen LogP contribution in [0.3, 0.4) is 0 Å². The second-order valence-corrected chi connectivity index (χ2v) is 5.87. The van der Waals surface area contributed by atoms with Crippen LogP contribution in [0.4, 0.5) is 10.5 Å². The van der Waals surface area contributed by atoms with Crippen molar-refractivity contribution in [2.75, 3.05) is 5.32 Å². The summed E-state index contributed by atoms with van der Waals surface area (Å²) in [6.45, 7) is 1.95. The average molecular weight is 341 g/mol. The van der Waals surface area contributed by atoms with Gasteiger partial charge in [-0.05, 0) is 53.7 Å². The lowest BCUT2D eigenvalue weighted by atomic mass is 10.1. The van der Waals surface area contributed by atoms with Crippen LogP contribution in [0.5, 0.6) is 0 Å². The Morgan fingerprint density at radius 1 is 1.35 bits per heavy atom. The first-order chi connectivity index (χ1) is 9.47. The van der Waals surface area contributed by atoms with E-state index in [1.807, 2.05) is 25.1 Å². The lowest BCUT2D eigenvalue weighted by Gasteiger charge is -2.14. The van der Waals surface area contributed by atoms with E-state index in [1.165, 1.54) is 0 Å². The maximum atomic E-state index is 11.9. The molecule has 1 saturated carbocycles. The van der Waals surface area contributed by atoms with Gasteiger partial charge in [0.1, 0.15) is 0 Å². The van der Waals surface area contributed by atoms with Gasteiger partial charge in [-0.1, -0.05) is 12.1 Å². The van der Waals surface area contributed by atoms with Crippen LogP contribution < -0.4 is 10.6 Å². The zero-order valence-corrected chi connectivity index (χ0v) is 12.7. The molecule has 0 radical (unpaired) electrons. The van der Waals surface area contributed by atoms with E-state index in [0.29, 0.717) is 24.9 Å². The average Bonchev–Trinajstić information content (AvgIpc) is 2.83. The molecular formula is C14H17BrN2O3. The summed E-state index contributed by atoms with van der Waals surface area (Å²) in [7, 11) is 0. The predicted octanol–water partition coefficient (Wildman–Crippen LogP) is 3.13. The summed E-state index contributed by atoms with van der Waals surface area (Å²) in [5, 5.41) is 14.5. The van der Waals surface area contributed by atoms with Crippen molar-refractivity contribution in [1.29, 1.82) is 0 Å². The number of hydrogen-bond donors (Lipinski definition) is 3. The predicted molar refractivity (Wildman–Crippen MR) is 79.8 cm³/mol. The fraction of sp³-hybridized carbons (Fsp3) is 0.429. The lowest BCUT2D eigenvalue weighted by Crippen LogP contribution is -2.36. The number of halogens is 1. The van der Waals surface area contributed by atoms with Crippen LogP contribution in [0.25, 0.3) is 0 Å². The van der Waals surface area contributed by atoms with Crippen molar-refractivity contribution >= 4 is 33.6 Å². The number of aryl methyl sites for hydroxylation is 1. The topological polar surface area (TPSA) is 78.4 Å². The van der Waals surface area contributed by atoms with Crippen LogP contribution in [-0.2, 0) is 4.79 Å². The van der Waals surface area contributed by atoms with Crippen molar-refractivity contribution in [3.05, 3.63) is 28.2 Å². The van der Waals surface area contributed by atoms with Crippen LogP contribution in [0.15, 0.2) is 22.7 Å². The molecule has 108 valence electrons. The number of rotatable bonds is 3. The molecule has 0 bridgehead atoms. The van der Waals surface area contributed by atoms with Gasteiger partial charge in [0.05, 0.1) is 11.6 Å². The van der Waals surface area contributed by atoms with E-state index in [-0.39, 0.29) is 18.0 Å². The molecule has 2 rings (SSSR count). The molecule has 0 aromatic heterocycles. The highest BCUT2D eigenvalue weighted by Crippen LogP contribution is 2.27. The third kappa shape index (κ3) is 3.50. The Bertz CT molecular complexity index is 533. The van der Waals surface area contributed by atoms with Crippen molar-refractivity contribution in [3.63, 3.8) is 0 Å². The van der Waals surface area contributed by atoms with Gasteiger partial charge in [0.25, 0.3) is 0 Å². The van der Waals surface area contributed by atoms with Crippen LogP contribution >= 0.6 is 15.9 Å². The van der Waals surface area contributed by atoms with Gasteiger partial charge in [-0.25, -0.2) is 4.79 Å². The van der Waals surface area contributed by atoms with Gasteiger partial charge in [-0.2, -0.15) is 0 Å². The molecule has 1 aliphatic carbocycles. The largest absolute Gasteiger partial charge is 0.481 e. The zero-order chi connectivity index (χ0) is 14.7. The molecule has 2 atom stereocenters. The number of anilines is 1. The Hall–Kier alpha value is -1.56. The van der Waals surface area contributed by atoms with Gasteiger partial charge in [0, 0.05) is 10.5 Å². The van der Waals surface area contributed by atoms with Gasteiger partial charge in [0.2, 0.25) is 0 Å². The van der Waals surface area contributed by atoms with E-state index in [4.69, 9.17) is 5.11 Å². The summed E-state index contributed by atoms with van der Waals surface area (Å²) in [6.07, 6.45) is 1.82. The third-order valence-electron chi connectivity index (χ3n) is 3.56. The Labute approximate surface area is 125 Å². The molecule has 1 aliphatic rings. The van der Waals surface area contributed by atoms with Gasteiger partial charge in [0.15, 0.2) is 0 Å². The fourth-order valence-electron chi connectivity index (χ4n) is 2.42. The van der Waals surface area contributed by atoms with E-state index in [1.54, 1.807) is 0 Å². The minimum atomic E-state index is -0.781. The first kappa shape index (κ1) is 14.8. The van der Waals surface area contributed by atoms with Gasteiger partial charge >= 0.3 is 12.0 Å². The van der Waals surface area contributed by atoms with Gasteiger partial charge in [-0.3, -0.25) is 4.79 Å². The molecule has 0 spiro atoms. The summed E-state index contributed by atoms with van der Waals surface area (Å²) in [5.74, 6) is -1.12. The molecule has 0 heterocycles. The first-order valence-corrected chi connectivity index (χ1v) is 7.32. The number of carboxylic acids is 1. The quantitative estimate of drug-likeness (QED) is 0.790. The van der Waals surface area contributed by atoms with Crippen LogP contribution in [0.1, 0.15) is 24.8 Å². The highest BCUT2D eigenvalue weighted by Gasteiger charge is 2.30. The monoisotopic (exact) mass is 340 g/mol. The maximum absolute atomic E-state index is 11.9. The van der Waals surface area contributed by atoms with Crippen molar-refractivity contribution in [3.8, 4) is 0 Å². The SMILES string of the molecule is Cc1cccc(NC(=O)N[C@H]2CC[C@@H](C(=O)O)C2)c1Br. The normalized spacial score (nSPS) is 21.5. The summed E-state index contributed by atoms with van der Waals surface area (Å²) in [6, 6.07) is 5.26. The molecule has 3 N–H and O–H groups in total. The van der Waals surface area contributed by atoms with E-state index in [9.17, 15) is 9.59 Å². The third-order valence-corrected chi connectivity index (χ3v) is 4.61. The minimum absolute atomic E-state index is 0.0697. The summed E-state index contributed by atoms with van der Waals surface area (Å²) < 4.78 is 0.852. The summed E-state index contributed by atoms with van der Waals surface area (Å²) in [4.78, 5) is 22.8. The number of carbonyl (C=O) groups is 2. The number of urea groups is 1. The Kier molecular flexibility index (Phi) is 4.65. The van der Waals surface area contributed by atoms with Crippen LogP contribution in [0.2, 0.25) is 0 Å². The second-order valence-electron chi connectivity index (χ2n) is 5.08. The smallest absolute Gasteiger partial charge is 0.319 e. The van der Waals surface area contributed by atoms with Gasteiger partial charge < -0.3 is 15.7 Å². The molecule has 1 aromatic rings. The number of aliphatic carboxylic acids is 1. The molecule has 2 amide bonds. The van der Waals surface area contributed by atoms with Crippen molar-refractivity contribution < 1.29 is 14.7 Å².